The van der Waals surface area contributed by atoms with E-state index in [-0.39, 0.29) is 30.9 Å². The Morgan fingerprint density at radius 3 is 2.60 bits per heavy atom. The third-order valence-corrected chi connectivity index (χ3v) is 4.19. The van der Waals surface area contributed by atoms with Crippen molar-refractivity contribution in [2.45, 2.75) is 31.2 Å². The van der Waals surface area contributed by atoms with Crippen LogP contribution in [0.5, 0.6) is 0 Å². The second-order valence-electron chi connectivity index (χ2n) is 5.96. The maximum atomic E-state index is 13.3. The van der Waals surface area contributed by atoms with Crippen molar-refractivity contribution in [3.63, 3.8) is 0 Å². The van der Waals surface area contributed by atoms with Gasteiger partial charge >= 0.3 is 6.18 Å². The van der Waals surface area contributed by atoms with Crippen LogP contribution in [0.25, 0.3) is 0 Å². The summed E-state index contributed by atoms with van der Waals surface area (Å²) in [7, 11) is 0. The quantitative estimate of drug-likeness (QED) is 0.922. The van der Waals surface area contributed by atoms with Crippen molar-refractivity contribution in [1.82, 2.24) is 14.9 Å². The fourth-order valence-electron chi connectivity index (χ4n) is 3.13. The number of hydrogen-bond acceptors (Lipinski definition) is 4. The monoisotopic (exact) mass is 351 g/mol. The van der Waals surface area contributed by atoms with Gasteiger partial charge in [0.05, 0.1) is 24.1 Å². The molecule has 1 fully saturated rings. The summed E-state index contributed by atoms with van der Waals surface area (Å²) in [5.41, 5.74) is -0.212. The zero-order valence-electron chi connectivity index (χ0n) is 13.1. The van der Waals surface area contributed by atoms with Gasteiger partial charge in [-0.05, 0) is 23.6 Å². The van der Waals surface area contributed by atoms with E-state index in [0.29, 0.717) is 5.56 Å². The van der Waals surface area contributed by atoms with E-state index in [1.807, 2.05) is 0 Å². The number of benzene rings is 1. The van der Waals surface area contributed by atoms with Crippen LogP contribution in [0.15, 0.2) is 43.0 Å². The van der Waals surface area contributed by atoms with Gasteiger partial charge in [-0.15, -0.1) is 0 Å². The molecule has 0 spiro atoms. The number of halogens is 3. The Balaban J connectivity index is 1.89. The molecule has 2 heterocycles. The van der Waals surface area contributed by atoms with Gasteiger partial charge in [-0.3, -0.25) is 4.79 Å². The summed E-state index contributed by atoms with van der Waals surface area (Å²) in [6, 6.07) is 4.35. The lowest BCUT2D eigenvalue weighted by Crippen LogP contribution is -2.33. The smallest absolute Gasteiger partial charge is 0.391 e. The number of nitrogens with zero attached hydrogens (tertiary/aromatic N) is 3. The maximum Gasteiger partial charge on any atom is 0.416 e. The number of aliphatic hydroxyl groups is 1. The number of alkyl halides is 3. The molecule has 1 aliphatic rings. The summed E-state index contributed by atoms with van der Waals surface area (Å²) in [4.78, 5) is 21.5. The zero-order valence-corrected chi connectivity index (χ0v) is 13.1. The molecule has 1 aromatic carbocycles. The molecular formula is C17H16F3N3O2. The highest BCUT2D eigenvalue weighted by Gasteiger charge is 2.41. The molecule has 1 aliphatic heterocycles. The minimum atomic E-state index is -4.52. The summed E-state index contributed by atoms with van der Waals surface area (Å²) in [5.74, 6) is -0.367. The molecule has 2 atom stereocenters. The van der Waals surface area contributed by atoms with Crippen molar-refractivity contribution in [2.75, 3.05) is 6.54 Å². The predicted molar refractivity (Wildman–Crippen MR) is 82.3 cm³/mol. The lowest BCUT2D eigenvalue weighted by molar-refractivity contribution is -0.140. The molecule has 2 aromatic rings. The van der Waals surface area contributed by atoms with Gasteiger partial charge in [0.2, 0.25) is 5.91 Å². The van der Waals surface area contributed by atoms with Crippen LogP contribution in [0, 0.1) is 0 Å². The van der Waals surface area contributed by atoms with E-state index in [0.717, 1.165) is 6.07 Å². The van der Waals surface area contributed by atoms with Crippen LogP contribution in [0.3, 0.4) is 0 Å². The summed E-state index contributed by atoms with van der Waals surface area (Å²) < 4.78 is 39.9. The average molecular weight is 351 g/mol. The molecule has 8 heteroatoms. The highest BCUT2D eigenvalue weighted by Crippen LogP contribution is 2.40. The lowest BCUT2D eigenvalue weighted by Gasteiger charge is -2.27. The standard InChI is InChI=1S/C17H16F3N3O2/c18-17(19,20)14-4-2-1-3-13(14)15-6-12(24)9-23(15)16(25)5-11-7-21-10-22-8-11/h1-4,7-8,10,12,15,24H,5-6,9H2/t12-,15+/m1/s1. The maximum absolute atomic E-state index is 13.3. The van der Waals surface area contributed by atoms with Crippen molar-refractivity contribution in [3.8, 4) is 0 Å². The highest BCUT2D eigenvalue weighted by atomic mass is 19.4. The number of carbonyl (C=O) groups excluding carboxylic acids is 1. The molecule has 5 nitrogen and oxygen atoms in total. The zero-order chi connectivity index (χ0) is 18.0. The normalized spacial score (nSPS) is 20.7. The van der Waals surface area contributed by atoms with Gasteiger partial charge in [0.1, 0.15) is 6.33 Å². The van der Waals surface area contributed by atoms with Crippen LogP contribution in [-0.4, -0.2) is 38.5 Å². The summed E-state index contributed by atoms with van der Waals surface area (Å²) in [6.07, 6.45) is -1.04. The molecule has 0 unspecified atom stereocenters. The first-order valence-electron chi connectivity index (χ1n) is 7.74. The average Bonchev–Trinajstić information content (AvgIpc) is 2.97. The van der Waals surface area contributed by atoms with Crippen LogP contribution in [-0.2, 0) is 17.4 Å². The summed E-state index contributed by atoms with van der Waals surface area (Å²) >= 11 is 0. The largest absolute Gasteiger partial charge is 0.416 e. The van der Waals surface area contributed by atoms with E-state index < -0.39 is 23.9 Å². The van der Waals surface area contributed by atoms with Gasteiger partial charge in [0.15, 0.2) is 0 Å². The van der Waals surface area contributed by atoms with Crippen LogP contribution >= 0.6 is 0 Å². The van der Waals surface area contributed by atoms with Crippen LogP contribution < -0.4 is 0 Å². The molecular weight excluding hydrogens is 335 g/mol. The van der Waals surface area contributed by atoms with Crippen molar-refractivity contribution < 1.29 is 23.1 Å². The van der Waals surface area contributed by atoms with Crippen LogP contribution in [0.1, 0.15) is 29.2 Å². The van der Waals surface area contributed by atoms with Crippen molar-refractivity contribution in [2.24, 2.45) is 0 Å². The molecule has 0 saturated carbocycles. The van der Waals surface area contributed by atoms with Gasteiger partial charge in [-0.25, -0.2) is 9.97 Å². The summed E-state index contributed by atoms with van der Waals surface area (Å²) in [5, 5.41) is 9.94. The second kappa shape index (κ2) is 6.79. The van der Waals surface area contributed by atoms with E-state index in [1.165, 1.54) is 41.8 Å². The Morgan fingerprint density at radius 1 is 1.24 bits per heavy atom. The first kappa shape index (κ1) is 17.3. The number of β-amino-alcohol motifs (C(OH)–C–C–N with tert-alkyl or cyclic N) is 1. The fraction of sp³-hybridized carbons (Fsp3) is 0.353. The minimum absolute atomic E-state index is 0.00336. The fourth-order valence-corrected chi connectivity index (χ4v) is 3.13. The Labute approximate surface area is 142 Å². The van der Waals surface area contributed by atoms with Gasteiger partial charge in [-0.1, -0.05) is 18.2 Å². The molecule has 1 amide bonds. The predicted octanol–water partition coefficient (Wildman–Crippen LogP) is 2.37. The topological polar surface area (TPSA) is 66.3 Å². The molecule has 1 saturated heterocycles. The number of rotatable bonds is 3. The van der Waals surface area contributed by atoms with E-state index in [4.69, 9.17) is 0 Å². The number of aliphatic hydroxyl groups excluding tert-OH is 1. The van der Waals surface area contributed by atoms with Crippen molar-refractivity contribution in [3.05, 3.63) is 59.7 Å². The van der Waals surface area contributed by atoms with E-state index in [9.17, 15) is 23.1 Å². The second-order valence-corrected chi connectivity index (χ2v) is 5.96. The van der Waals surface area contributed by atoms with E-state index in [2.05, 4.69) is 9.97 Å². The van der Waals surface area contributed by atoms with Crippen molar-refractivity contribution >= 4 is 5.91 Å². The van der Waals surface area contributed by atoms with Gasteiger partial charge in [-0.2, -0.15) is 13.2 Å². The third-order valence-electron chi connectivity index (χ3n) is 4.19. The molecule has 3 rings (SSSR count). The Hall–Kier alpha value is -2.48. The van der Waals surface area contributed by atoms with Gasteiger partial charge < -0.3 is 10.0 Å². The molecule has 0 radical (unpaired) electrons. The van der Waals surface area contributed by atoms with Crippen LogP contribution in [0.2, 0.25) is 0 Å². The summed E-state index contributed by atoms with van der Waals surface area (Å²) in [6.45, 7) is 0.00336. The first-order chi connectivity index (χ1) is 11.9. The minimum Gasteiger partial charge on any atom is -0.391 e. The van der Waals surface area contributed by atoms with Gasteiger partial charge in [0.25, 0.3) is 0 Å². The molecule has 1 aromatic heterocycles. The number of carbonyl (C=O) groups is 1. The Kier molecular flexibility index (Phi) is 4.71. The Morgan fingerprint density at radius 2 is 1.92 bits per heavy atom. The SMILES string of the molecule is O=C(Cc1cncnc1)N1C[C@H](O)C[C@H]1c1ccccc1C(F)(F)F. The third kappa shape index (κ3) is 3.79. The molecule has 0 bridgehead atoms. The molecule has 25 heavy (non-hydrogen) atoms. The first-order valence-corrected chi connectivity index (χ1v) is 7.74. The van der Waals surface area contributed by atoms with E-state index in [1.54, 1.807) is 0 Å². The molecule has 1 N–H and O–H groups in total. The van der Waals surface area contributed by atoms with Gasteiger partial charge in [0, 0.05) is 18.9 Å². The number of hydrogen-bond donors (Lipinski definition) is 1. The van der Waals surface area contributed by atoms with E-state index >= 15 is 0 Å². The molecule has 132 valence electrons. The number of amides is 1. The highest BCUT2D eigenvalue weighted by molar-refractivity contribution is 5.79. The lowest BCUT2D eigenvalue weighted by atomic mass is 9.97. The van der Waals surface area contributed by atoms with Crippen molar-refractivity contribution in [1.29, 1.82) is 0 Å². The Bertz CT molecular complexity index is 752. The molecule has 0 aliphatic carbocycles. The number of aromatic nitrogens is 2. The van der Waals surface area contributed by atoms with Crippen LogP contribution in [0.4, 0.5) is 13.2 Å². The number of likely N-dealkylation sites (tertiary alicyclic amines) is 1.